The molecule has 0 radical (unpaired) electrons. The van der Waals surface area contributed by atoms with Gasteiger partial charge in [0.15, 0.2) is 0 Å². The highest BCUT2D eigenvalue weighted by Crippen LogP contribution is 2.30. The van der Waals surface area contributed by atoms with Gasteiger partial charge in [0.2, 0.25) is 0 Å². The summed E-state index contributed by atoms with van der Waals surface area (Å²) in [5, 5.41) is 0. The lowest BCUT2D eigenvalue weighted by Gasteiger charge is -2.13. The van der Waals surface area contributed by atoms with Crippen LogP contribution < -0.4 is 4.74 Å². The zero-order valence-electron chi connectivity index (χ0n) is 10.1. The molecule has 0 N–H and O–H groups in total. The van der Waals surface area contributed by atoms with Crippen molar-refractivity contribution in [3.63, 3.8) is 0 Å². The molecule has 0 amide bonds. The van der Waals surface area contributed by atoms with Crippen LogP contribution >= 0.6 is 0 Å². The fraction of sp³-hybridized carbons (Fsp3) is 0.357. The third kappa shape index (κ3) is 2.49. The van der Waals surface area contributed by atoms with Crippen LogP contribution in [0.4, 0.5) is 0 Å². The molecule has 1 aromatic carbocycles. The molecular formula is C14H16O3. The number of hydrogen-bond donors (Lipinski definition) is 0. The molecule has 0 saturated carbocycles. The van der Waals surface area contributed by atoms with Gasteiger partial charge in [0.05, 0.1) is 7.11 Å². The molecule has 1 unspecified atom stereocenters. The summed E-state index contributed by atoms with van der Waals surface area (Å²) in [4.78, 5) is 11.3. The minimum Gasteiger partial charge on any atom is -0.497 e. The van der Waals surface area contributed by atoms with Gasteiger partial charge in [-0.25, -0.2) is 4.79 Å². The molecule has 1 aliphatic rings. The van der Waals surface area contributed by atoms with Gasteiger partial charge in [-0.1, -0.05) is 25.5 Å². The molecule has 17 heavy (non-hydrogen) atoms. The predicted octanol–water partition coefficient (Wildman–Crippen LogP) is 2.80. The molecular weight excluding hydrogens is 216 g/mol. The Balaban J connectivity index is 2.24. The lowest BCUT2D eigenvalue weighted by Crippen LogP contribution is -2.10. The molecule has 90 valence electrons. The van der Waals surface area contributed by atoms with Gasteiger partial charge in [-0.15, -0.1) is 0 Å². The number of carbonyl (C=O) groups is 1. The van der Waals surface area contributed by atoms with E-state index >= 15 is 0 Å². The van der Waals surface area contributed by atoms with E-state index in [1.165, 1.54) is 0 Å². The van der Waals surface area contributed by atoms with Crippen molar-refractivity contribution in [1.82, 2.24) is 0 Å². The predicted molar refractivity (Wildman–Crippen MR) is 65.8 cm³/mol. The number of esters is 1. The van der Waals surface area contributed by atoms with Crippen molar-refractivity contribution in [3.05, 3.63) is 35.9 Å². The van der Waals surface area contributed by atoms with E-state index in [-0.39, 0.29) is 12.1 Å². The smallest absolute Gasteiger partial charge is 0.331 e. The molecule has 0 spiro atoms. The molecule has 2 rings (SSSR count). The Morgan fingerprint density at radius 1 is 1.29 bits per heavy atom. The van der Waals surface area contributed by atoms with Crippen molar-refractivity contribution in [3.8, 4) is 5.75 Å². The van der Waals surface area contributed by atoms with Crippen molar-refractivity contribution >= 4 is 11.5 Å². The number of hydrogen-bond acceptors (Lipinski definition) is 3. The molecule has 0 aromatic heterocycles. The Labute approximate surface area is 101 Å². The van der Waals surface area contributed by atoms with Crippen LogP contribution in [0.25, 0.3) is 5.57 Å². The molecule has 3 nitrogen and oxygen atoms in total. The van der Waals surface area contributed by atoms with E-state index in [1.54, 1.807) is 13.2 Å². The molecule has 0 bridgehead atoms. The molecule has 1 heterocycles. The third-order valence-electron chi connectivity index (χ3n) is 2.85. The summed E-state index contributed by atoms with van der Waals surface area (Å²) in [6, 6.07) is 7.69. The third-order valence-corrected chi connectivity index (χ3v) is 2.85. The van der Waals surface area contributed by atoms with Gasteiger partial charge in [-0.3, -0.25) is 0 Å². The lowest BCUT2D eigenvalue weighted by molar-refractivity contribution is -0.138. The van der Waals surface area contributed by atoms with Crippen LogP contribution in [-0.2, 0) is 9.53 Å². The van der Waals surface area contributed by atoms with Crippen molar-refractivity contribution in [2.45, 2.75) is 25.9 Å². The summed E-state index contributed by atoms with van der Waals surface area (Å²) in [6.07, 6.45) is 3.35. The molecule has 1 aliphatic heterocycles. The monoisotopic (exact) mass is 232 g/mol. The van der Waals surface area contributed by atoms with E-state index < -0.39 is 0 Å². The highest BCUT2D eigenvalue weighted by Gasteiger charge is 2.26. The average Bonchev–Trinajstić information content (AvgIpc) is 2.71. The zero-order chi connectivity index (χ0) is 12.3. The van der Waals surface area contributed by atoms with Crippen molar-refractivity contribution in [2.24, 2.45) is 0 Å². The second kappa shape index (κ2) is 5.04. The first-order chi connectivity index (χ1) is 8.24. The second-order valence-corrected chi connectivity index (χ2v) is 4.04. The van der Waals surface area contributed by atoms with E-state index in [1.807, 2.05) is 24.3 Å². The molecule has 1 atom stereocenters. The molecule has 0 aliphatic carbocycles. The topological polar surface area (TPSA) is 35.5 Å². The number of methoxy groups -OCH3 is 1. The van der Waals surface area contributed by atoms with Gasteiger partial charge in [0, 0.05) is 11.6 Å². The summed E-state index contributed by atoms with van der Waals surface area (Å²) < 4.78 is 10.4. The van der Waals surface area contributed by atoms with Crippen LogP contribution in [0.5, 0.6) is 5.75 Å². The van der Waals surface area contributed by atoms with Gasteiger partial charge in [0.1, 0.15) is 11.9 Å². The Hall–Kier alpha value is -1.77. The normalized spacial score (nSPS) is 18.8. The summed E-state index contributed by atoms with van der Waals surface area (Å²) in [6.45, 7) is 2.08. The number of carbonyl (C=O) groups excluding carboxylic acids is 1. The van der Waals surface area contributed by atoms with Gasteiger partial charge < -0.3 is 9.47 Å². The van der Waals surface area contributed by atoms with Crippen LogP contribution in [0.3, 0.4) is 0 Å². The summed E-state index contributed by atoms with van der Waals surface area (Å²) in [5.74, 6) is 0.570. The maximum Gasteiger partial charge on any atom is 0.331 e. The highest BCUT2D eigenvalue weighted by atomic mass is 16.5. The molecule has 0 saturated heterocycles. The minimum absolute atomic E-state index is 0.0964. The van der Waals surface area contributed by atoms with Crippen molar-refractivity contribution in [1.29, 1.82) is 0 Å². The first-order valence-corrected chi connectivity index (χ1v) is 5.81. The van der Waals surface area contributed by atoms with Crippen LogP contribution in [0.1, 0.15) is 25.3 Å². The van der Waals surface area contributed by atoms with Crippen LogP contribution in [0.2, 0.25) is 0 Å². The van der Waals surface area contributed by atoms with E-state index in [9.17, 15) is 4.79 Å². The van der Waals surface area contributed by atoms with Crippen LogP contribution in [0, 0.1) is 0 Å². The Kier molecular flexibility index (Phi) is 3.47. The summed E-state index contributed by atoms with van der Waals surface area (Å²) in [7, 11) is 1.64. The first-order valence-electron chi connectivity index (χ1n) is 5.81. The van der Waals surface area contributed by atoms with E-state index in [0.29, 0.717) is 0 Å². The van der Waals surface area contributed by atoms with Gasteiger partial charge in [-0.05, 0) is 24.1 Å². The van der Waals surface area contributed by atoms with Gasteiger partial charge in [0.25, 0.3) is 0 Å². The Morgan fingerprint density at radius 2 is 2.00 bits per heavy atom. The summed E-state index contributed by atoms with van der Waals surface area (Å²) >= 11 is 0. The minimum atomic E-state index is -0.241. The molecule has 3 heteroatoms. The SMILES string of the molecule is CCCC1OC(=O)C=C1c1ccc(OC)cc1. The maximum absolute atomic E-state index is 11.3. The highest BCUT2D eigenvalue weighted by molar-refractivity contribution is 5.97. The van der Waals surface area contributed by atoms with E-state index in [2.05, 4.69) is 6.92 Å². The average molecular weight is 232 g/mol. The fourth-order valence-corrected chi connectivity index (χ4v) is 1.99. The Bertz CT molecular complexity index is 431. The maximum atomic E-state index is 11.3. The van der Waals surface area contributed by atoms with Crippen molar-refractivity contribution in [2.75, 3.05) is 7.11 Å². The molecule has 0 fully saturated rings. The van der Waals surface area contributed by atoms with Crippen LogP contribution in [0.15, 0.2) is 30.3 Å². The number of cyclic esters (lactones) is 1. The largest absolute Gasteiger partial charge is 0.497 e. The summed E-state index contributed by atoms with van der Waals surface area (Å²) in [5.41, 5.74) is 2.00. The Morgan fingerprint density at radius 3 is 2.59 bits per heavy atom. The number of rotatable bonds is 4. The zero-order valence-corrected chi connectivity index (χ0v) is 10.1. The number of ether oxygens (including phenoxy) is 2. The van der Waals surface area contributed by atoms with Gasteiger partial charge >= 0.3 is 5.97 Å². The quantitative estimate of drug-likeness (QED) is 0.749. The van der Waals surface area contributed by atoms with Crippen molar-refractivity contribution < 1.29 is 14.3 Å². The lowest BCUT2D eigenvalue weighted by atomic mass is 9.98. The second-order valence-electron chi connectivity index (χ2n) is 4.04. The fourth-order valence-electron chi connectivity index (χ4n) is 1.99. The first kappa shape index (κ1) is 11.7. The van der Waals surface area contributed by atoms with E-state index in [4.69, 9.17) is 9.47 Å². The number of benzene rings is 1. The van der Waals surface area contributed by atoms with E-state index in [0.717, 1.165) is 29.7 Å². The van der Waals surface area contributed by atoms with Gasteiger partial charge in [-0.2, -0.15) is 0 Å². The van der Waals surface area contributed by atoms with Crippen LogP contribution in [-0.4, -0.2) is 19.2 Å². The molecule has 1 aromatic rings. The standard InChI is InChI=1S/C14H16O3/c1-3-4-13-12(9-14(15)17-13)10-5-7-11(16-2)8-6-10/h5-9,13H,3-4H2,1-2H3.